The van der Waals surface area contributed by atoms with Crippen molar-refractivity contribution in [2.75, 3.05) is 37.5 Å². The Morgan fingerprint density at radius 2 is 1.74 bits per heavy atom. The van der Waals surface area contributed by atoms with Gasteiger partial charge >= 0.3 is 0 Å². The number of benzene rings is 1. The number of nitrogens with two attached hydrogens (primary N) is 1. The van der Waals surface area contributed by atoms with E-state index in [0.717, 1.165) is 18.7 Å². The van der Waals surface area contributed by atoms with Gasteiger partial charge in [-0.3, -0.25) is 4.79 Å². The van der Waals surface area contributed by atoms with Gasteiger partial charge in [-0.15, -0.1) is 0 Å². The Bertz CT molecular complexity index is 365. The Kier molecular flexibility index (Phi) is 7.62. The van der Waals surface area contributed by atoms with E-state index in [1.165, 1.54) is 0 Å². The summed E-state index contributed by atoms with van der Waals surface area (Å²) in [5, 5.41) is 2.77. The Labute approximate surface area is 114 Å². The van der Waals surface area contributed by atoms with Crippen molar-refractivity contribution in [2.24, 2.45) is 0 Å². The summed E-state index contributed by atoms with van der Waals surface area (Å²) >= 11 is 0. The maximum absolute atomic E-state index is 11.6. The molecule has 0 spiro atoms. The first-order valence-corrected chi connectivity index (χ1v) is 6.53. The molecule has 5 heteroatoms. The van der Waals surface area contributed by atoms with Gasteiger partial charge in [-0.05, 0) is 30.7 Å². The van der Waals surface area contributed by atoms with Crippen LogP contribution in [-0.2, 0) is 14.3 Å². The van der Waals surface area contributed by atoms with Crippen LogP contribution < -0.4 is 11.1 Å². The van der Waals surface area contributed by atoms with Crippen LogP contribution in [0.4, 0.5) is 11.4 Å². The quantitative estimate of drug-likeness (QED) is 0.530. The smallest absolute Gasteiger partial charge is 0.226 e. The van der Waals surface area contributed by atoms with Crippen molar-refractivity contribution >= 4 is 17.3 Å². The van der Waals surface area contributed by atoms with Crippen LogP contribution in [0.5, 0.6) is 0 Å². The van der Waals surface area contributed by atoms with Crippen LogP contribution in [0.25, 0.3) is 0 Å². The Morgan fingerprint density at radius 3 is 2.37 bits per heavy atom. The third-order valence-electron chi connectivity index (χ3n) is 2.39. The fourth-order valence-corrected chi connectivity index (χ4v) is 1.42. The molecule has 0 aromatic heterocycles. The Morgan fingerprint density at radius 1 is 1.11 bits per heavy atom. The normalized spacial score (nSPS) is 10.4. The van der Waals surface area contributed by atoms with Crippen molar-refractivity contribution in [1.82, 2.24) is 0 Å². The second-order valence-corrected chi connectivity index (χ2v) is 4.14. The van der Waals surface area contributed by atoms with E-state index >= 15 is 0 Å². The number of rotatable bonds is 9. The lowest BCUT2D eigenvalue weighted by atomic mass is 10.3. The molecule has 0 aliphatic carbocycles. The molecule has 0 radical (unpaired) electrons. The fourth-order valence-electron chi connectivity index (χ4n) is 1.42. The standard InChI is InChI=1S/C14H22N2O3/c1-2-8-18-10-11-19-9-7-14(17)16-13-5-3-12(15)4-6-13/h3-6H,2,7-11,15H2,1H3,(H,16,17). The second kappa shape index (κ2) is 9.35. The van der Waals surface area contributed by atoms with Gasteiger partial charge < -0.3 is 20.5 Å². The van der Waals surface area contributed by atoms with Crippen LogP contribution in [0.2, 0.25) is 0 Å². The summed E-state index contributed by atoms with van der Waals surface area (Å²) in [6, 6.07) is 7.04. The summed E-state index contributed by atoms with van der Waals surface area (Å²) in [6.45, 7) is 4.31. The molecule has 0 heterocycles. The van der Waals surface area contributed by atoms with E-state index < -0.39 is 0 Å². The predicted octanol–water partition coefficient (Wildman–Crippen LogP) is 2.04. The first-order valence-electron chi connectivity index (χ1n) is 6.53. The van der Waals surface area contributed by atoms with Crippen LogP contribution >= 0.6 is 0 Å². The molecule has 1 aromatic carbocycles. The molecule has 1 aromatic rings. The van der Waals surface area contributed by atoms with Gasteiger partial charge in [-0.2, -0.15) is 0 Å². The van der Waals surface area contributed by atoms with Crippen LogP contribution in [0.3, 0.4) is 0 Å². The number of nitrogen functional groups attached to an aromatic ring is 1. The summed E-state index contributed by atoms with van der Waals surface area (Å²) in [7, 11) is 0. The van der Waals surface area contributed by atoms with E-state index in [1.54, 1.807) is 24.3 Å². The van der Waals surface area contributed by atoms with Gasteiger partial charge in [0.1, 0.15) is 0 Å². The molecular weight excluding hydrogens is 244 g/mol. The predicted molar refractivity (Wildman–Crippen MR) is 76.0 cm³/mol. The van der Waals surface area contributed by atoms with Crippen molar-refractivity contribution in [3.8, 4) is 0 Å². The van der Waals surface area contributed by atoms with Gasteiger partial charge in [-0.25, -0.2) is 0 Å². The number of hydrogen-bond donors (Lipinski definition) is 2. The molecule has 3 N–H and O–H groups in total. The Hall–Kier alpha value is -1.59. The highest BCUT2D eigenvalue weighted by Crippen LogP contribution is 2.10. The SMILES string of the molecule is CCCOCCOCCC(=O)Nc1ccc(N)cc1. The highest BCUT2D eigenvalue weighted by atomic mass is 16.5. The molecule has 1 amide bonds. The average molecular weight is 266 g/mol. The van der Waals surface area contributed by atoms with Gasteiger partial charge in [0.25, 0.3) is 0 Å². The minimum atomic E-state index is -0.0701. The summed E-state index contributed by atoms with van der Waals surface area (Å²) in [5.41, 5.74) is 6.98. The van der Waals surface area contributed by atoms with Gasteiger partial charge in [-0.1, -0.05) is 6.92 Å². The van der Waals surface area contributed by atoms with Gasteiger partial charge in [0.15, 0.2) is 0 Å². The number of nitrogens with one attached hydrogen (secondary N) is 1. The molecule has 0 saturated heterocycles. The van der Waals surface area contributed by atoms with Crippen molar-refractivity contribution in [3.05, 3.63) is 24.3 Å². The molecule has 0 saturated carbocycles. The van der Waals surface area contributed by atoms with Crippen molar-refractivity contribution in [3.63, 3.8) is 0 Å². The molecule has 5 nitrogen and oxygen atoms in total. The van der Waals surface area contributed by atoms with E-state index in [0.29, 0.717) is 31.9 Å². The molecule has 0 fully saturated rings. The van der Waals surface area contributed by atoms with Crippen LogP contribution in [0.15, 0.2) is 24.3 Å². The highest BCUT2D eigenvalue weighted by molar-refractivity contribution is 5.90. The minimum absolute atomic E-state index is 0.0701. The molecule has 0 bridgehead atoms. The van der Waals surface area contributed by atoms with Gasteiger partial charge in [0, 0.05) is 18.0 Å². The van der Waals surface area contributed by atoms with E-state index in [2.05, 4.69) is 12.2 Å². The van der Waals surface area contributed by atoms with Crippen LogP contribution in [0, 0.1) is 0 Å². The molecule has 106 valence electrons. The number of hydrogen-bond acceptors (Lipinski definition) is 4. The first kappa shape index (κ1) is 15.5. The van der Waals surface area contributed by atoms with Crippen molar-refractivity contribution < 1.29 is 14.3 Å². The zero-order valence-electron chi connectivity index (χ0n) is 11.4. The molecule has 0 aliphatic rings. The largest absolute Gasteiger partial charge is 0.399 e. The zero-order valence-corrected chi connectivity index (χ0v) is 11.4. The third-order valence-corrected chi connectivity index (χ3v) is 2.39. The molecule has 0 aliphatic heterocycles. The summed E-state index contributed by atoms with van der Waals surface area (Å²) < 4.78 is 10.6. The number of carbonyl (C=O) groups excluding carboxylic acids is 1. The van der Waals surface area contributed by atoms with Crippen LogP contribution in [-0.4, -0.2) is 32.3 Å². The summed E-state index contributed by atoms with van der Waals surface area (Å²) in [4.78, 5) is 11.6. The Balaban J connectivity index is 2.06. The number of ether oxygens (including phenoxy) is 2. The molecule has 0 unspecified atom stereocenters. The zero-order chi connectivity index (χ0) is 13.9. The van der Waals surface area contributed by atoms with E-state index in [4.69, 9.17) is 15.2 Å². The molecule has 1 rings (SSSR count). The fraction of sp³-hybridized carbons (Fsp3) is 0.500. The topological polar surface area (TPSA) is 73.6 Å². The molecular formula is C14H22N2O3. The van der Waals surface area contributed by atoms with E-state index in [9.17, 15) is 4.79 Å². The van der Waals surface area contributed by atoms with Gasteiger partial charge in [0.05, 0.1) is 26.2 Å². The summed E-state index contributed by atoms with van der Waals surface area (Å²) in [6.07, 6.45) is 1.34. The average Bonchev–Trinajstić information content (AvgIpc) is 2.40. The number of anilines is 2. The number of carbonyl (C=O) groups is 1. The van der Waals surface area contributed by atoms with Gasteiger partial charge in [0.2, 0.25) is 5.91 Å². The van der Waals surface area contributed by atoms with Crippen molar-refractivity contribution in [2.45, 2.75) is 19.8 Å². The highest BCUT2D eigenvalue weighted by Gasteiger charge is 2.02. The lowest BCUT2D eigenvalue weighted by molar-refractivity contribution is -0.117. The number of amides is 1. The molecule has 19 heavy (non-hydrogen) atoms. The lowest BCUT2D eigenvalue weighted by Crippen LogP contribution is -2.15. The first-order chi connectivity index (χ1) is 9.22. The van der Waals surface area contributed by atoms with Crippen LogP contribution in [0.1, 0.15) is 19.8 Å². The minimum Gasteiger partial charge on any atom is -0.399 e. The van der Waals surface area contributed by atoms with E-state index in [1.807, 2.05) is 0 Å². The third kappa shape index (κ3) is 7.43. The lowest BCUT2D eigenvalue weighted by Gasteiger charge is -2.06. The summed E-state index contributed by atoms with van der Waals surface area (Å²) in [5.74, 6) is -0.0701. The molecule has 0 atom stereocenters. The second-order valence-electron chi connectivity index (χ2n) is 4.14. The maximum atomic E-state index is 11.6. The van der Waals surface area contributed by atoms with E-state index in [-0.39, 0.29) is 5.91 Å². The monoisotopic (exact) mass is 266 g/mol. The van der Waals surface area contributed by atoms with Crippen molar-refractivity contribution in [1.29, 1.82) is 0 Å². The maximum Gasteiger partial charge on any atom is 0.226 e.